The number of hydrogen-bond acceptors (Lipinski definition) is 10. The van der Waals surface area contributed by atoms with Gasteiger partial charge in [-0.1, -0.05) is 73.6 Å². The number of rotatable bonds is 18. The second-order valence-corrected chi connectivity index (χ2v) is 12.0. The van der Waals surface area contributed by atoms with E-state index in [0.29, 0.717) is 12.8 Å². The lowest BCUT2D eigenvalue weighted by Gasteiger charge is -2.30. The number of carbonyl (C=O) groups is 4. The fourth-order valence-electron chi connectivity index (χ4n) is 4.46. The first kappa shape index (κ1) is 41.8. The van der Waals surface area contributed by atoms with Crippen LogP contribution >= 0.6 is 23.2 Å². The Morgan fingerprint density at radius 1 is 1.02 bits per heavy atom. The van der Waals surface area contributed by atoms with Crippen LogP contribution in [0.25, 0.3) is 0 Å². The molecule has 1 aliphatic carbocycles. The topological polar surface area (TPSA) is 214 Å². The van der Waals surface area contributed by atoms with Crippen LogP contribution in [0.4, 0.5) is 4.79 Å². The molecule has 1 saturated carbocycles. The van der Waals surface area contributed by atoms with E-state index in [1.165, 1.54) is 31.2 Å². The summed E-state index contributed by atoms with van der Waals surface area (Å²) in [5, 5.41) is 49.4. The van der Waals surface area contributed by atoms with Crippen LogP contribution in [0.15, 0.2) is 71.4 Å². The Labute approximate surface area is 284 Å². The van der Waals surface area contributed by atoms with Crippen molar-refractivity contribution in [1.82, 2.24) is 0 Å². The summed E-state index contributed by atoms with van der Waals surface area (Å²) in [6.45, 7) is 5.12. The number of amides is 1. The summed E-state index contributed by atoms with van der Waals surface area (Å²) >= 11 is 12.5. The van der Waals surface area contributed by atoms with Crippen molar-refractivity contribution in [2.24, 2.45) is 17.6 Å². The molecule has 9 atom stereocenters. The molecular formula is C33H45Cl2NO11. The van der Waals surface area contributed by atoms with Crippen molar-refractivity contribution >= 4 is 47.0 Å². The van der Waals surface area contributed by atoms with Gasteiger partial charge >= 0.3 is 18.0 Å². The van der Waals surface area contributed by atoms with Crippen molar-refractivity contribution in [2.45, 2.75) is 94.9 Å². The number of primary amides is 1. The van der Waals surface area contributed by atoms with Gasteiger partial charge in [0, 0.05) is 29.9 Å². The van der Waals surface area contributed by atoms with Crippen molar-refractivity contribution in [3.63, 3.8) is 0 Å². The third-order valence-electron chi connectivity index (χ3n) is 7.31. The van der Waals surface area contributed by atoms with E-state index in [1.54, 1.807) is 43.4 Å². The van der Waals surface area contributed by atoms with Crippen LogP contribution in [-0.4, -0.2) is 91.3 Å². The molecule has 0 aromatic heterocycles. The molecule has 0 aromatic carbocycles. The summed E-state index contributed by atoms with van der Waals surface area (Å²) in [4.78, 5) is 47.0. The van der Waals surface area contributed by atoms with Crippen LogP contribution in [0, 0.1) is 11.8 Å². The van der Waals surface area contributed by atoms with Gasteiger partial charge in [0.25, 0.3) is 0 Å². The third kappa shape index (κ3) is 15.5. The standard InChI is InChI=1S/C33H45Cl2NO11/c1-4-5-13-26(47-33(36)45)29(35)24(38)18-25(39)31(42)30(41)20(3)22(34)12-8-6-10-19(2)11-7-9-14-28(40)46-27-17-21(32(43)44)15-16-23(27)37/h5-14,20-21,23-24,26-27,29-31,37-38,41-42H,4,15-18H2,1-3H3,(H2,36,45)(H,43,44)/b8-6+,11-7+,13-5+,14-9+,19-10+,22-12-/t20-,21-,23-,24-,26-,27+,29+,30-,31-/m1/s1. The Bertz CT molecular complexity index is 1240. The Morgan fingerprint density at radius 3 is 2.28 bits per heavy atom. The summed E-state index contributed by atoms with van der Waals surface area (Å²) in [7, 11) is 0. The number of aliphatic hydroxyl groups excluding tert-OH is 4. The maximum absolute atomic E-state index is 12.6. The highest BCUT2D eigenvalue weighted by Crippen LogP contribution is 2.27. The zero-order chi connectivity index (χ0) is 35.7. The first-order chi connectivity index (χ1) is 22.1. The van der Waals surface area contributed by atoms with Crippen LogP contribution in [0.2, 0.25) is 0 Å². The quantitative estimate of drug-likeness (QED) is 0.0399. The number of allylic oxidation sites excluding steroid dienone is 9. The molecule has 1 aliphatic rings. The van der Waals surface area contributed by atoms with Crippen molar-refractivity contribution in [2.75, 3.05) is 0 Å². The fourth-order valence-corrected chi connectivity index (χ4v) is 4.88. The van der Waals surface area contributed by atoms with Gasteiger partial charge in [-0.05, 0) is 38.3 Å². The molecular weight excluding hydrogens is 657 g/mol. The molecule has 14 heteroatoms. The van der Waals surface area contributed by atoms with Gasteiger partial charge in [0.15, 0.2) is 5.78 Å². The van der Waals surface area contributed by atoms with Crippen LogP contribution in [0.1, 0.15) is 52.9 Å². The molecule has 0 saturated heterocycles. The number of aliphatic carboxylic acids is 1. The minimum atomic E-state index is -1.89. The number of hydrogen-bond donors (Lipinski definition) is 6. The zero-order valence-corrected chi connectivity index (χ0v) is 28.0. The molecule has 47 heavy (non-hydrogen) atoms. The number of aliphatic hydroxyl groups is 4. The van der Waals surface area contributed by atoms with Gasteiger partial charge in [0.05, 0.1) is 24.2 Å². The number of nitrogens with two attached hydrogens (primary N) is 1. The smallest absolute Gasteiger partial charge is 0.405 e. The first-order valence-electron chi connectivity index (χ1n) is 15.1. The minimum Gasteiger partial charge on any atom is -0.481 e. The van der Waals surface area contributed by atoms with E-state index in [4.69, 9.17) is 43.5 Å². The normalized spacial score (nSPS) is 23.5. The number of alkyl halides is 1. The van der Waals surface area contributed by atoms with Crippen molar-refractivity contribution in [1.29, 1.82) is 0 Å². The second-order valence-electron chi connectivity index (χ2n) is 11.1. The maximum Gasteiger partial charge on any atom is 0.405 e. The van der Waals surface area contributed by atoms with Gasteiger partial charge in [0.2, 0.25) is 0 Å². The second kappa shape index (κ2) is 21.6. The summed E-state index contributed by atoms with van der Waals surface area (Å²) < 4.78 is 10.1. The zero-order valence-electron chi connectivity index (χ0n) is 26.5. The molecule has 0 aromatic rings. The lowest BCUT2D eigenvalue weighted by molar-refractivity contribution is -0.159. The highest BCUT2D eigenvalue weighted by molar-refractivity contribution is 6.30. The predicted octanol–water partition coefficient (Wildman–Crippen LogP) is 3.60. The summed E-state index contributed by atoms with van der Waals surface area (Å²) in [6.07, 6.45) is 6.95. The van der Waals surface area contributed by atoms with Gasteiger partial charge in [0.1, 0.15) is 23.7 Å². The molecule has 262 valence electrons. The van der Waals surface area contributed by atoms with E-state index in [1.807, 2.05) is 6.92 Å². The van der Waals surface area contributed by atoms with Crippen LogP contribution in [-0.2, 0) is 23.9 Å². The molecule has 0 aliphatic heterocycles. The lowest BCUT2D eigenvalue weighted by atomic mass is 9.85. The van der Waals surface area contributed by atoms with E-state index >= 15 is 0 Å². The molecule has 0 spiro atoms. The predicted molar refractivity (Wildman–Crippen MR) is 176 cm³/mol. The van der Waals surface area contributed by atoms with Crippen LogP contribution in [0.5, 0.6) is 0 Å². The van der Waals surface area contributed by atoms with E-state index in [9.17, 15) is 39.6 Å². The van der Waals surface area contributed by atoms with Gasteiger partial charge < -0.3 is 40.7 Å². The molecule has 0 heterocycles. The highest BCUT2D eigenvalue weighted by atomic mass is 35.5. The van der Waals surface area contributed by atoms with Crippen molar-refractivity contribution < 1.29 is 54.2 Å². The monoisotopic (exact) mass is 701 g/mol. The average molecular weight is 703 g/mol. The molecule has 1 rings (SSSR count). The van der Waals surface area contributed by atoms with Gasteiger partial charge in [-0.2, -0.15) is 0 Å². The van der Waals surface area contributed by atoms with E-state index in [-0.39, 0.29) is 17.9 Å². The fraction of sp³-hybridized carbons (Fsp3) is 0.515. The SMILES string of the molecule is CC/C=C/[C@@H](OC(N)=O)[C@@H](Cl)[C@H](O)CC(=O)[C@@H](O)[C@H](O)[C@H](C)/C(Cl)=C/C=C/C=C(C)/C=C/C=C/C(=O)O[C@H]1C[C@H](C(=O)O)CC[C@H]1O. The number of ether oxygens (including phenoxy) is 2. The number of Topliss-reactive ketones (excluding diaryl/α,β-unsaturated/α-hetero) is 1. The first-order valence-corrected chi connectivity index (χ1v) is 15.9. The number of halogens is 2. The molecule has 12 nitrogen and oxygen atoms in total. The molecule has 0 radical (unpaired) electrons. The Hall–Kier alpha value is -3.26. The third-order valence-corrected chi connectivity index (χ3v) is 8.32. The number of esters is 1. The molecule has 0 bridgehead atoms. The van der Waals surface area contributed by atoms with Gasteiger partial charge in [-0.15, -0.1) is 11.6 Å². The van der Waals surface area contributed by atoms with Gasteiger partial charge in [-0.3, -0.25) is 9.59 Å². The summed E-state index contributed by atoms with van der Waals surface area (Å²) in [5.41, 5.74) is 5.83. The Morgan fingerprint density at radius 2 is 1.66 bits per heavy atom. The maximum atomic E-state index is 12.6. The van der Waals surface area contributed by atoms with Crippen LogP contribution < -0.4 is 5.73 Å². The van der Waals surface area contributed by atoms with E-state index in [2.05, 4.69) is 0 Å². The molecule has 1 fully saturated rings. The summed E-state index contributed by atoms with van der Waals surface area (Å²) in [6, 6.07) is 0. The average Bonchev–Trinajstić information content (AvgIpc) is 3.02. The van der Waals surface area contributed by atoms with Crippen molar-refractivity contribution in [3.05, 3.63) is 71.4 Å². The lowest BCUT2D eigenvalue weighted by Crippen LogP contribution is -2.43. The Kier molecular flexibility index (Phi) is 19.2. The minimum absolute atomic E-state index is 0.0584. The van der Waals surface area contributed by atoms with Crippen LogP contribution in [0.3, 0.4) is 0 Å². The Balaban J connectivity index is 2.66. The van der Waals surface area contributed by atoms with Crippen molar-refractivity contribution in [3.8, 4) is 0 Å². The number of ketones is 1. The number of carboxylic acid groups (broad SMARTS) is 1. The molecule has 7 N–H and O–H groups in total. The highest BCUT2D eigenvalue weighted by Gasteiger charge is 2.36. The largest absolute Gasteiger partial charge is 0.481 e. The van der Waals surface area contributed by atoms with E-state index in [0.717, 1.165) is 5.57 Å². The number of carbonyl (C=O) groups excluding carboxylic acids is 3. The summed E-state index contributed by atoms with van der Waals surface area (Å²) in [5.74, 6) is -4.10. The van der Waals surface area contributed by atoms with E-state index < -0.39 is 84.1 Å². The van der Waals surface area contributed by atoms with Gasteiger partial charge in [-0.25, -0.2) is 9.59 Å². The number of carboxylic acids is 1. The molecule has 0 unspecified atom stereocenters. The molecule has 1 amide bonds.